The van der Waals surface area contributed by atoms with Crippen LogP contribution in [0.5, 0.6) is 5.75 Å². The Morgan fingerprint density at radius 1 is 1.13 bits per heavy atom. The summed E-state index contributed by atoms with van der Waals surface area (Å²) >= 11 is 0. The van der Waals surface area contributed by atoms with Gasteiger partial charge in [0.15, 0.2) is 0 Å². The van der Waals surface area contributed by atoms with Crippen molar-refractivity contribution in [2.75, 3.05) is 14.2 Å². The number of carbonyl (C=O) groups is 2. The minimum absolute atomic E-state index is 0.256. The molecule has 1 aliphatic rings. The van der Waals surface area contributed by atoms with Gasteiger partial charge in [-0.05, 0) is 12.1 Å². The van der Waals surface area contributed by atoms with Gasteiger partial charge in [0.05, 0.1) is 25.3 Å². The summed E-state index contributed by atoms with van der Waals surface area (Å²) < 4.78 is 5.01. The van der Waals surface area contributed by atoms with Crippen molar-refractivity contribution in [3.8, 4) is 5.75 Å². The van der Waals surface area contributed by atoms with Crippen LogP contribution >= 0.6 is 0 Å². The number of carbonyl (C=O) groups excluding carboxylic acids is 2. The lowest BCUT2D eigenvalue weighted by Gasteiger charge is -2.08. The van der Waals surface area contributed by atoms with Crippen LogP contribution in [0.4, 0.5) is 0 Å². The second kappa shape index (κ2) is 3.36. The van der Waals surface area contributed by atoms with Crippen molar-refractivity contribution in [3.05, 3.63) is 29.3 Å². The van der Waals surface area contributed by atoms with E-state index in [1.54, 1.807) is 18.2 Å². The van der Waals surface area contributed by atoms with Gasteiger partial charge >= 0.3 is 0 Å². The van der Waals surface area contributed by atoms with Gasteiger partial charge in [-0.15, -0.1) is 5.06 Å². The van der Waals surface area contributed by atoms with Gasteiger partial charge in [0.1, 0.15) is 5.75 Å². The number of hydrogen-bond donors (Lipinski definition) is 0. The van der Waals surface area contributed by atoms with Crippen LogP contribution in [0.3, 0.4) is 0 Å². The van der Waals surface area contributed by atoms with Crippen molar-refractivity contribution in [2.24, 2.45) is 0 Å². The third kappa shape index (κ3) is 1.20. The first-order chi connectivity index (χ1) is 7.20. The molecule has 1 aliphatic heterocycles. The first-order valence-corrected chi connectivity index (χ1v) is 4.30. The summed E-state index contributed by atoms with van der Waals surface area (Å²) in [5.41, 5.74) is 0.563. The molecule has 0 N–H and O–H groups in total. The Balaban J connectivity index is 2.62. The largest absolute Gasteiger partial charge is 0.496 e. The van der Waals surface area contributed by atoms with Crippen LogP contribution in [0.2, 0.25) is 0 Å². The minimum atomic E-state index is -0.491. The average Bonchev–Trinajstić information content (AvgIpc) is 2.51. The predicted molar refractivity (Wildman–Crippen MR) is 50.5 cm³/mol. The van der Waals surface area contributed by atoms with E-state index in [9.17, 15) is 9.59 Å². The predicted octanol–water partition coefficient (Wildman–Crippen LogP) is 0.853. The zero-order valence-corrected chi connectivity index (χ0v) is 8.31. The number of amides is 2. The molecule has 0 unspecified atom stereocenters. The molecule has 78 valence electrons. The molecule has 0 aliphatic carbocycles. The number of hydroxylamine groups is 2. The van der Waals surface area contributed by atoms with Crippen LogP contribution in [-0.4, -0.2) is 31.1 Å². The van der Waals surface area contributed by atoms with Crippen LogP contribution in [0.1, 0.15) is 20.7 Å². The Bertz CT molecular complexity index is 441. The highest BCUT2D eigenvalue weighted by molar-refractivity contribution is 6.21. The van der Waals surface area contributed by atoms with Crippen molar-refractivity contribution in [3.63, 3.8) is 0 Å². The summed E-state index contributed by atoms with van der Waals surface area (Å²) in [5.74, 6) is -0.572. The average molecular weight is 207 g/mol. The molecule has 0 bridgehead atoms. The zero-order chi connectivity index (χ0) is 11.0. The summed E-state index contributed by atoms with van der Waals surface area (Å²) in [6, 6.07) is 4.85. The van der Waals surface area contributed by atoms with E-state index >= 15 is 0 Å². The van der Waals surface area contributed by atoms with E-state index in [-0.39, 0.29) is 5.56 Å². The molecule has 0 saturated carbocycles. The van der Waals surface area contributed by atoms with E-state index in [0.717, 1.165) is 0 Å². The number of fused-ring (bicyclic) bond motifs is 1. The lowest BCUT2D eigenvalue weighted by Crippen LogP contribution is -2.28. The monoisotopic (exact) mass is 207 g/mol. The topological polar surface area (TPSA) is 55.8 Å². The lowest BCUT2D eigenvalue weighted by molar-refractivity contribution is -0.0646. The van der Waals surface area contributed by atoms with Gasteiger partial charge < -0.3 is 4.74 Å². The van der Waals surface area contributed by atoms with Crippen molar-refractivity contribution in [2.45, 2.75) is 0 Å². The van der Waals surface area contributed by atoms with E-state index in [4.69, 9.17) is 9.57 Å². The number of imide groups is 1. The molecule has 15 heavy (non-hydrogen) atoms. The quantitative estimate of drug-likeness (QED) is 0.675. The molecular weight excluding hydrogens is 198 g/mol. The molecule has 1 heterocycles. The Kier molecular flexibility index (Phi) is 2.17. The van der Waals surface area contributed by atoms with Gasteiger partial charge in [-0.25, -0.2) is 0 Å². The molecule has 0 saturated heterocycles. The van der Waals surface area contributed by atoms with Crippen molar-refractivity contribution in [1.29, 1.82) is 0 Å². The highest BCUT2D eigenvalue weighted by atomic mass is 16.7. The van der Waals surface area contributed by atoms with Crippen molar-refractivity contribution >= 4 is 11.8 Å². The van der Waals surface area contributed by atoms with Crippen LogP contribution in [-0.2, 0) is 4.84 Å². The van der Waals surface area contributed by atoms with Crippen LogP contribution in [0, 0.1) is 0 Å². The standard InChI is InChI=1S/C10H9NO4/c1-14-7-5-3-4-6-8(7)10(13)11(15-2)9(6)12/h3-5H,1-2H3. The molecule has 0 fully saturated rings. The van der Waals surface area contributed by atoms with Gasteiger partial charge in [-0.1, -0.05) is 6.07 Å². The molecule has 2 amide bonds. The van der Waals surface area contributed by atoms with E-state index in [0.29, 0.717) is 16.4 Å². The molecule has 0 radical (unpaired) electrons. The van der Waals surface area contributed by atoms with Gasteiger partial charge in [-0.3, -0.25) is 14.4 Å². The number of ether oxygens (including phenoxy) is 1. The lowest BCUT2D eigenvalue weighted by atomic mass is 10.1. The number of benzene rings is 1. The first-order valence-electron chi connectivity index (χ1n) is 4.30. The number of methoxy groups -OCH3 is 1. The fraction of sp³-hybridized carbons (Fsp3) is 0.200. The molecule has 2 rings (SSSR count). The fourth-order valence-corrected chi connectivity index (χ4v) is 1.57. The Morgan fingerprint density at radius 2 is 1.87 bits per heavy atom. The maximum absolute atomic E-state index is 11.7. The Hall–Kier alpha value is -1.88. The molecule has 1 aromatic rings. The maximum atomic E-state index is 11.7. The molecule has 1 aromatic carbocycles. The van der Waals surface area contributed by atoms with Crippen LogP contribution in [0.15, 0.2) is 18.2 Å². The molecule has 5 heteroatoms. The van der Waals surface area contributed by atoms with E-state index in [1.807, 2.05) is 0 Å². The van der Waals surface area contributed by atoms with Crippen LogP contribution in [0.25, 0.3) is 0 Å². The summed E-state index contributed by atoms with van der Waals surface area (Å²) in [4.78, 5) is 28.0. The third-order valence-corrected chi connectivity index (χ3v) is 2.24. The number of hydrogen-bond acceptors (Lipinski definition) is 4. The zero-order valence-electron chi connectivity index (χ0n) is 8.31. The first kappa shape index (κ1) is 9.67. The van der Waals surface area contributed by atoms with E-state index in [2.05, 4.69) is 0 Å². The number of rotatable bonds is 2. The second-order valence-corrected chi connectivity index (χ2v) is 2.97. The van der Waals surface area contributed by atoms with Crippen molar-refractivity contribution < 1.29 is 19.2 Å². The van der Waals surface area contributed by atoms with Crippen molar-refractivity contribution in [1.82, 2.24) is 5.06 Å². The Morgan fingerprint density at radius 3 is 2.47 bits per heavy atom. The van der Waals surface area contributed by atoms with Gasteiger partial charge in [0.25, 0.3) is 11.8 Å². The smallest absolute Gasteiger partial charge is 0.289 e. The maximum Gasteiger partial charge on any atom is 0.289 e. The molecule has 0 atom stereocenters. The van der Waals surface area contributed by atoms with Gasteiger partial charge in [0, 0.05) is 0 Å². The summed E-state index contributed by atoms with van der Waals surface area (Å²) in [6.07, 6.45) is 0. The van der Waals surface area contributed by atoms with Gasteiger partial charge in [0.2, 0.25) is 0 Å². The molecule has 5 nitrogen and oxygen atoms in total. The summed E-state index contributed by atoms with van der Waals surface area (Å²) in [7, 11) is 2.72. The normalized spacial score (nSPS) is 14.4. The molecular formula is C10H9NO4. The van der Waals surface area contributed by atoms with Gasteiger partial charge in [-0.2, -0.15) is 0 Å². The summed E-state index contributed by atoms with van der Waals surface area (Å²) in [5, 5.41) is 0.715. The SMILES string of the molecule is COc1cccc2c1C(=O)N(OC)C2=O. The Labute approximate surface area is 86.1 Å². The van der Waals surface area contributed by atoms with E-state index in [1.165, 1.54) is 14.2 Å². The second-order valence-electron chi connectivity index (χ2n) is 2.97. The number of nitrogens with zero attached hydrogens (tertiary/aromatic N) is 1. The highest BCUT2D eigenvalue weighted by Gasteiger charge is 2.38. The molecule has 0 aromatic heterocycles. The fourth-order valence-electron chi connectivity index (χ4n) is 1.57. The van der Waals surface area contributed by atoms with E-state index < -0.39 is 11.8 Å². The van der Waals surface area contributed by atoms with Crippen LogP contribution < -0.4 is 4.74 Å². The minimum Gasteiger partial charge on any atom is -0.496 e. The highest BCUT2D eigenvalue weighted by Crippen LogP contribution is 2.30. The summed E-state index contributed by atoms with van der Waals surface area (Å²) in [6.45, 7) is 0. The molecule has 0 spiro atoms. The third-order valence-electron chi connectivity index (χ3n) is 2.24.